The van der Waals surface area contributed by atoms with E-state index >= 15 is 0 Å². The molecule has 200 valence electrons. The lowest BCUT2D eigenvalue weighted by Crippen LogP contribution is -2.36. The molecule has 0 radical (unpaired) electrons. The number of Topliss-reactive ketones (excluding diaryl/α,β-unsaturated/α-hetero) is 1. The molecule has 5 rings (SSSR count). The Kier molecular flexibility index (Phi) is 7.79. The second-order valence-corrected chi connectivity index (χ2v) is 10.7. The fourth-order valence-corrected chi connectivity index (χ4v) is 5.93. The summed E-state index contributed by atoms with van der Waals surface area (Å²) in [5, 5.41) is 13.7. The molecule has 1 heterocycles. The van der Waals surface area contributed by atoms with Crippen LogP contribution in [0, 0.1) is 0 Å². The normalized spacial score (nSPS) is 18.9. The molecule has 3 aromatic rings. The van der Waals surface area contributed by atoms with Crippen LogP contribution in [-0.2, 0) is 20.9 Å². The molecular formula is C32H31NO5S. The summed E-state index contributed by atoms with van der Waals surface area (Å²) in [6.07, 6.45) is 2.90. The van der Waals surface area contributed by atoms with Gasteiger partial charge in [0.15, 0.2) is 5.78 Å². The van der Waals surface area contributed by atoms with Gasteiger partial charge in [-0.1, -0.05) is 42.5 Å². The van der Waals surface area contributed by atoms with Crippen LogP contribution < -0.4 is 10.1 Å². The first kappa shape index (κ1) is 26.6. The van der Waals surface area contributed by atoms with Gasteiger partial charge in [-0.2, -0.15) is 0 Å². The SMILES string of the molecule is COc1ccccc1C1CC(=O)C2=C(C1)NC(C)=C(C(=O)OCc1ccc(SC)cc1)C2c1cccc(O)c1. The molecule has 3 aromatic carbocycles. The molecule has 39 heavy (non-hydrogen) atoms. The average Bonchev–Trinajstić information content (AvgIpc) is 2.95. The average molecular weight is 542 g/mol. The number of para-hydroxylation sites is 1. The molecule has 0 saturated heterocycles. The maximum absolute atomic E-state index is 13.8. The van der Waals surface area contributed by atoms with Gasteiger partial charge < -0.3 is 19.9 Å². The number of methoxy groups -OCH3 is 1. The highest BCUT2D eigenvalue weighted by Gasteiger charge is 2.42. The van der Waals surface area contributed by atoms with Crippen molar-refractivity contribution in [1.29, 1.82) is 0 Å². The molecule has 0 bridgehead atoms. The van der Waals surface area contributed by atoms with Crippen molar-refractivity contribution in [3.8, 4) is 11.5 Å². The van der Waals surface area contributed by atoms with Crippen LogP contribution in [0.1, 0.15) is 48.3 Å². The van der Waals surface area contributed by atoms with E-state index in [4.69, 9.17) is 9.47 Å². The van der Waals surface area contributed by atoms with E-state index in [1.807, 2.05) is 67.8 Å². The summed E-state index contributed by atoms with van der Waals surface area (Å²) in [6, 6.07) is 22.4. The van der Waals surface area contributed by atoms with Crippen molar-refractivity contribution < 1.29 is 24.2 Å². The number of benzene rings is 3. The number of nitrogens with one attached hydrogen (secondary N) is 1. The van der Waals surface area contributed by atoms with Crippen LogP contribution in [0.3, 0.4) is 0 Å². The smallest absolute Gasteiger partial charge is 0.337 e. The number of allylic oxidation sites excluding steroid dienone is 3. The first-order chi connectivity index (χ1) is 18.9. The monoisotopic (exact) mass is 541 g/mol. The summed E-state index contributed by atoms with van der Waals surface area (Å²) in [5.41, 5.74) is 4.89. The van der Waals surface area contributed by atoms with Crippen LogP contribution in [0.5, 0.6) is 11.5 Å². The zero-order chi connectivity index (χ0) is 27.5. The topological polar surface area (TPSA) is 84.9 Å². The second kappa shape index (κ2) is 11.4. The number of aromatic hydroxyl groups is 1. The largest absolute Gasteiger partial charge is 0.508 e. The van der Waals surface area contributed by atoms with Crippen molar-refractivity contribution in [3.63, 3.8) is 0 Å². The number of ketones is 1. The Morgan fingerprint density at radius 1 is 1.05 bits per heavy atom. The summed E-state index contributed by atoms with van der Waals surface area (Å²) in [7, 11) is 1.63. The van der Waals surface area contributed by atoms with E-state index in [-0.39, 0.29) is 24.1 Å². The Hall–Kier alpha value is -3.97. The molecule has 2 aliphatic rings. The number of hydrogen-bond donors (Lipinski definition) is 2. The third-order valence-corrected chi connectivity index (χ3v) is 8.10. The van der Waals surface area contributed by atoms with Crippen LogP contribution >= 0.6 is 11.8 Å². The number of hydrogen-bond acceptors (Lipinski definition) is 7. The van der Waals surface area contributed by atoms with E-state index in [9.17, 15) is 14.7 Å². The number of carbonyl (C=O) groups is 2. The van der Waals surface area contributed by atoms with E-state index in [2.05, 4.69) is 5.32 Å². The van der Waals surface area contributed by atoms with Gasteiger partial charge in [0.25, 0.3) is 0 Å². The molecule has 0 aromatic heterocycles. The Morgan fingerprint density at radius 3 is 2.54 bits per heavy atom. The lowest BCUT2D eigenvalue weighted by atomic mass is 9.71. The first-order valence-corrected chi connectivity index (χ1v) is 14.1. The van der Waals surface area contributed by atoms with Crippen LogP contribution in [0.4, 0.5) is 0 Å². The van der Waals surface area contributed by atoms with Crippen LogP contribution in [0.2, 0.25) is 0 Å². The minimum Gasteiger partial charge on any atom is -0.508 e. The Labute approximate surface area is 232 Å². The van der Waals surface area contributed by atoms with E-state index < -0.39 is 11.9 Å². The third-order valence-electron chi connectivity index (χ3n) is 7.36. The molecule has 0 spiro atoms. The summed E-state index contributed by atoms with van der Waals surface area (Å²) < 4.78 is 11.3. The van der Waals surface area contributed by atoms with Crippen molar-refractivity contribution in [2.45, 2.75) is 43.1 Å². The number of dihydropyridines is 1. The number of phenols is 1. The molecule has 0 fully saturated rings. The van der Waals surface area contributed by atoms with Gasteiger partial charge in [0, 0.05) is 40.1 Å². The van der Waals surface area contributed by atoms with Crippen LogP contribution in [-0.4, -0.2) is 30.2 Å². The highest BCUT2D eigenvalue weighted by Crippen LogP contribution is 2.47. The number of esters is 1. The number of phenolic OH excluding ortho intramolecular Hbond substituents is 1. The minimum absolute atomic E-state index is 0.0431. The molecule has 7 heteroatoms. The Bertz CT molecular complexity index is 1470. The van der Waals surface area contributed by atoms with Gasteiger partial charge >= 0.3 is 5.97 Å². The molecular weight excluding hydrogens is 510 g/mol. The zero-order valence-corrected chi connectivity index (χ0v) is 23.0. The lowest BCUT2D eigenvalue weighted by molar-refractivity contribution is -0.140. The summed E-state index contributed by atoms with van der Waals surface area (Å²) in [5.74, 6) is -0.419. The van der Waals surface area contributed by atoms with Gasteiger partial charge in [0.05, 0.1) is 12.7 Å². The summed E-state index contributed by atoms with van der Waals surface area (Å²) in [4.78, 5) is 28.5. The third kappa shape index (κ3) is 5.45. The van der Waals surface area contributed by atoms with Crippen LogP contribution in [0.25, 0.3) is 0 Å². The van der Waals surface area contributed by atoms with Crippen molar-refractivity contribution in [2.24, 2.45) is 0 Å². The van der Waals surface area contributed by atoms with Gasteiger partial charge in [-0.05, 0) is 66.6 Å². The van der Waals surface area contributed by atoms with Gasteiger partial charge in [0.2, 0.25) is 0 Å². The van der Waals surface area contributed by atoms with E-state index in [0.717, 1.165) is 27.5 Å². The molecule has 2 N–H and O–H groups in total. The lowest BCUT2D eigenvalue weighted by Gasteiger charge is -2.37. The molecule has 1 aliphatic heterocycles. The van der Waals surface area contributed by atoms with Crippen molar-refractivity contribution in [3.05, 3.63) is 112 Å². The van der Waals surface area contributed by atoms with E-state index in [1.165, 1.54) is 0 Å². The zero-order valence-electron chi connectivity index (χ0n) is 22.2. The number of carbonyl (C=O) groups excluding carboxylic acids is 2. The van der Waals surface area contributed by atoms with Gasteiger partial charge in [-0.25, -0.2) is 4.79 Å². The molecule has 0 saturated carbocycles. The highest BCUT2D eigenvalue weighted by atomic mass is 32.2. The number of rotatable bonds is 7. The van der Waals surface area contributed by atoms with Gasteiger partial charge in [0.1, 0.15) is 18.1 Å². The van der Waals surface area contributed by atoms with Crippen LogP contribution in [0.15, 0.2) is 100 Å². The molecule has 2 atom stereocenters. The summed E-state index contributed by atoms with van der Waals surface area (Å²) in [6.45, 7) is 1.95. The minimum atomic E-state index is -0.647. The maximum Gasteiger partial charge on any atom is 0.337 e. The van der Waals surface area contributed by atoms with Crippen molar-refractivity contribution in [2.75, 3.05) is 13.4 Å². The van der Waals surface area contributed by atoms with Crippen molar-refractivity contribution in [1.82, 2.24) is 5.32 Å². The fourth-order valence-electron chi connectivity index (χ4n) is 5.52. The quantitative estimate of drug-likeness (QED) is 0.271. The highest BCUT2D eigenvalue weighted by molar-refractivity contribution is 7.98. The molecule has 2 unspecified atom stereocenters. The number of ether oxygens (including phenoxy) is 2. The first-order valence-electron chi connectivity index (χ1n) is 12.9. The predicted octanol–water partition coefficient (Wildman–Crippen LogP) is 6.23. The van der Waals surface area contributed by atoms with E-state index in [0.29, 0.717) is 35.2 Å². The Balaban J connectivity index is 1.49. The predicted molar refractivity (Wildman–Crippen MR) is 152 cm³/mol. The van der Waals surface area contributed by atoms with E-state index in [1.54, 1.807) is 37.1 Å². The van der Waals surface area contributed by atoms with Crippen molar-refractivity contribution >= 4 is 23.5 Å². The van der Waals surface area contributed by atoms with Gasteiger partial charge in [-0.15, -0.1) is 11.8 Å². The standard InChI is InChI=1S/C32H31NO5S/c1-19-29(32(36)38-18-20-11-13-24(39-3)14-12-20)30(21-7-6-8-23(34)15-21)31-26(33-19)16-22(17-27(31)35)25-9-4-5-10-28(25)37-2/h4-15,22,30,33-34H,16-18H2,1-3H3. The van der Waals surface area contributed by atoms with Gasteiger partial charge in [-0.3, -0.25) is 4.79 Å². The Morgan fingerprint density at radius 2 is 1.82 bits per heavy atom. The number of thioether (sulfide) groups is 1. The fraction of sp³-hybridized carbons (Fsp3) is 0.250. The molecule has 1 aliphatic carbocycles. The second-order valence-electron chi connectivity index (χ2n) is 9.78. The molecule has 6 nitrogen and oxygen atoms in total. The maximum atomic E-state index is 13.8. The summed E-state index contributed by atoms with van der Waals surface area (Å²) >= 11 is 1.65. The molecule has 0 amide bonds.